The summed E-state index contributed by atoms with van der Waals surface area (Å²) in [6, 6.07) is 5.40. The second-order valence-corrected chi connectivity index (χ2v) is 6.89. The van der Waals surface area contributed by atoms with Gasteiger partial charge >= 0.3 is 18.4 Å². The van der Waals surface area contributed by atoms with Gasteiger partial charge in [-0.15, -0.1) is 0 Å². The topological polar surface area (TPSA) is 59.5 Å². The largest absolute Gasteiger partial charge is 0.448 e. The van der Waals surface area contributed by atoms with Crippen molar-refractivity contribution in [1.82, 2.24) is 9.88 Å². The van der Waals surface area contributed by atoms with E-state index in [2.05, 4.69) is 4.98 Å². The van der Waals surface area contributed by atoms with Gasteiger partial charge in [-0.25, -0.2) is 4.79 Å². The minimum absolute atomic E-state index is 0.0644. The Balaban J connectivity index is 1.97. The summed E-state index contributed by atoms with van der Waals surface area (Å²) in [7, 11) is 0. The van der Waals surface area contributed by atoms with E-state index in [0.717, 1.165) is 47.5 Å². The van der Waals surface area contributed by atoms with Gasteiger partial charge in [-0.1, -0.05) is 12.1 Å². The summed E-state index contributed by atoms with van der Waals surface area (Å²) in [5.74, 6) is -1.84. The van der Waals surface area contributed by atoms with Crippen LogP contribution in [0, 0.1) is 0 Å². The molecule has 166 valence electrons. The van der Waals surface area contributed by atoms with Crippen LogP contribution >= 0.6 is 0 Å². The maximum absolute atomic E-state index is 13.5. The molecular weight excluding hydrogens is 430 g/mol. The number of ether oxygens (including phenoxy) is 1. The molecule has 0 bridgehead atoms. The Morgan fingerprint density at radius 1 is 1.06 bits per heavy atom. The van der Waals surface area contributed by atoms with Gasteiger partial charge in [0, 0.05) is 18.5 Å². The number of alkyl halides is 6. The van der Waals surface area contributed by atoms with Crippen molar-refractivity contribution in [2.45, 2.75) is 24.7 Å². The number of hydrogen-bond donors (Lipinski definition) is 0. The minimum atomic E-state index is -4.78. The molecule has 1 aromatic heterocycles. The highest BCUT2D eigenvalue weighted by atomic mass is 19.4. The number of benzene rings is 1. The van der Waals surface area contributed by atoms with Crippen molar-refractivity contribution in [2.75, 3.05) is 19.7 Å². The molecule has 1 aromatic carbocycles. The van der Waals surface area contributed by atoms with Crippen LogP contribution < -0.4 is 0 Å². The van der Waals surface area contributed by atoms with Crippen LogP contribution in [-0.4, -0.2) is 41.5 Å². The summed E-state index contributed by atoms with van der Waals surface area (Å²) in [6.45, 7) is -0.135. The van der Waals surface area contributed by atoms with Crippen LogP contribution in [0.15, 0.2) is 42.6 Å². The van der Waals surface area contributed by atoms with Gasteiger partial charge < -0.3 is 4.74 Å². The van der Waals surface area contributed by atoms with Crippen LogP contribution in [-0.2, 0) is 21.9 Å². The van der Waals surface area contributed by atoms with Crippen molar-refractivity contribution < 1.29 is 40.7 Å². The van der Waals surface area contributed by atoms with Gasteiger partial charge in [0.15, 0.2) is 5.78 Å². The molecular formula is C20H16F6N2O3. The maximum Gasteiger partial charge on any atom is 0.418 e. The van der Waals surface area contributed by atoms with E-state index in [0.29, 0.717) is 0 Å². The van der Waals surface area contributed by atoms with Crippen molar-refractivity contribution in [3.63, 3.8) is 0 Å². The number of aromatic nitrogens is 1. The first kappa shape index (κ1) is 22.6. The average molecular weight is 446 g/mol. The minimum Gasteiger partial charge on any atom is -0.448 e. The van der Waals surface area contributed by atoms with Crippen LogP contribution in [0.5, 0.6) is 0 Å². The van der Waals surface area contributed by atoms with E-state index in [9.17, 15) is 35.9 Å². The van der Waals surface area contributed by atoms with Gasteiger partial charge in [0.1, 0.15) is 6.61 Å². The molecule has 2 heterocycles. The molecule has 0 spiro atoms. The number of rotatable bonds is 6. The molecule has 1 fully saturated rings. The number of Topliss-reactive ketones (excluding diaryl/α,β-unsaturated/α-hetero) is 1. The molecule has 5 nitrogen and oxygen atoms in total. The zero-order chi connectivity index (χ0) is 22.8. The molecule has 1 atom stereocenters. The summed E-state index contributed by atoms with van der Waals surface area (Å²) in [6.07, 6.45) is -9.50. The highest BCUT2D eigenvalue weighted by Gasteiger charge is 2.38. The Morgan fingerprint density at radius 2 is 1.74 bits per heavy atom. The van der Waals surface area contributed by atoms with Crippen molar-refractivity contribution in [1.29, 1.82) is 0 Å². The summed E-state index contributed by atoms with van der Waals surface area (Å²) in [4.78, 5) is 29.0. The summed E-state index contributed by atoms with van der Waals surface area (Å²) in [5.41, 5.74) is -2.48. The molecule has 1 saturated heterocycles. The lowest BCUT2D eigenvalue weighted by atomic mass is 9.87. The molecule has 0 saturated carbocycles. The summed E-state index contributed by atoms with van der Waals surface area (Å²) >= 11 is 0. The predicted octanol–water partition coefficient (Wildman–Crippen LogP) is 4.66. The first-order valence-electron chi connectivity index (χ1n) is 9.09. The van der Waals surface area contributed by atoms with Crippen LogP contribution in [0.3, 0.4) is 0 Å². The SMILES string of the molecule is O=C(C[C@@H](c1ccc(C(F)(F)F)cc1)c1ncccc1C(F)(F)F)CN1CCOC1=O. The highest BCUT2D eigenvalue weighted by Crippen LogP contribution is 2.38. The smallest absolute Gasteiger partial charge is 0.418 e. The number of cyclic esters (lactones) is 1. The van der Waals surface area contributed by atoms with Crippen LogP contribution in [0.25, 0.3) is 0 Å². The lowest BCUT2D eigenvalue weighted by Gasteiger charge is -2.22. The van der Waals surface area contributed by atoms with Crippen molar-refractivity contribution in [2.24, 2.45) is 0 Å². The third-order valence-corrected chi connectivity index (χ3v) is 4.76. The van der Waals surface area contributed by atoms with Gasteiger partial charge in [0.25, 0.3) is 0 Å². The fraction of sp³-hybridized carbons (Fsp3) is 0.350. The first-order valence-corrected chi connectivity index (χ1v) is 9.09. The zero-order valence-corrected chi connectivity index (χ0v) is 15.8. The monoisotopic (exact) mass is 446 g/mol. The Hall–Kier alpha value is -3.11. The highest BCUT2D eigenvalue weighted by molar-refractivity contribution is 5.85. The molecule has 0 radical (unpaired) electrons. The summed E-state index contributed by atoms with van der Waals surface area (Å²) in [5, 5.41) is 0. The average Bonchev–Trinajstić information content (AvgIpc) is 3.09. The number of amides is 1. The maximum atomic E-state index is 13.5. The van der Waals surface area contributed by atoms with Gasteiger partial charge in [0.05, 0.1) is 29.9 Å². The quantitative estimate of drug-likeness (QED) is 0.606. The Kier molecular flexibility index (Phi) is 6.23. The van der Waals surface area contributed by atoms with E-state index in [1.54, 1.807) is 0 Å². The fourth-order valence-electron chi connectivity index (χ4n) is 3.29. The Labute approximate surface area is 172 Å². The number of hydrogen-bond acceptors (Lipinski definition) is 4. The predicted molar refractivity (Wildman–Crippen MR) is 95.1 cm³/mol. The second kappa shape index (κ2) is 8.56. The van der Waals surface area contributed by atoms with E-state index in [1.165, 1.54) is 0 Å². The van der Waals surface area contributed by atoms with Gasteiger partial charge in [-0.2, -0.15) is 26.3 Å². The van der Waals surface area contributed by atoms with E-state index in [-0.39, 0.29) is 25.3 Å². The third-order valence-electron chi connectivity index (χ3n) is 4.76. The van der Waals surface area contributed by atoms with E-state index in [4.69, 9.17) is 4.74 Å². The van der Waals surface area contributed by atoms with Gasteiger partial charge in [-0.05, 0) is 29.8 Å². The Morgan fingerprint density at radius 3 is 2.29 bits per heavy atom. The Bertz CT molecular complexity index is 957. The summed E-state index contributed by atoms with van der Waals surface area (Å²) < 4.78 is 83.9. The van der Waals surface area contributed by atoms with Gasteiger partial charge in [0.2, 0.25) is 0 Å². The number of carbonyl (C=O) groups excluding carboxylic acids is 2. The molecule has 1 amide bonds. The van der Waals surface area contributed by atoms with Crippen LogP contribution in [0.1, 0.15) is 34.7 Å². The first-order chi connectivity index (χ1) is 14.5. The molecule has 2 aromatic rings. The van der Waals surface area contributed by atoms with Crippen molar-refractivity contribution >= 4 is 11.9 Å². The lowest BCUT2D eigenvalue weighted by molar-refractivity contribution is -0.139. The lowest BCUT2D eigenvalue weighted by Crippen LogP contribution is -2.31. The molecule has 0 unspecified atom stereocenters. The molecule has 11 heteroatoms. The van der Waals surface area contributed by atoms with E-state index < -0.39 is 53.4 Å². The number of nitrogens with zero attached hydrogens (tertiary/aromatic N) is 2. The number of halogens is 6. The number of ketones is 1. The molecule has 1 aliphatic heterocycles. The van der Waals surface area contributed by atoms with Gasteiger partial charge in [-0.3, -0.25) is 14.7 Å². The fourth-order valence-corrected chi connectivity index (χ4v) is 3.29. The number of carbonyl (C=O) groups is 2. The third kappa shape index (κ3) is 5.33. The molecule has 3 rings (SSSR count). The molecule has 0 N–H and O–H groups in total. The van der Waals surface area contributed by atoms with Crippen LogP contribution in [0.2, 0.25) is 0 Å². The second-order valence-electron chi connectivity index (χ2n) is 6.89. The van der Waals surface area contributed by atoms with E-state index >= 15 is 0 Å². The molecule has 1 aliphatic rings. The molecule has 0 aliphatic carbocycles. The molecule has 31 heavy (non-hydrogen) atoms. The zero-order valence-electron chi connectivity index (χ0n) is 15.8. The number of pyridine rings is 1. The normalized spacial score (nSPS) is 15.7. The van der Waals surface area contributed by atoms with Crippen LogP contribution in [0.4, 0.5) is 31.1 Å². The standard InChI is InChI=1S/C20H16F6N2O3/c21-19(22,23)13-5-3-12(4-6-13)15(10-14(29)11-28-8-9-31-18(28)30)17-16(20(24,25)26)2-1-7-27-17/h1-7,15H,8-11H2/t15-/m0/s1. The van der Waals surface area contributed by atoms with Crippen molar-refractivity contribution in [3.05, 3.63) is 65.0 Å². The van der Waals surface area contributed by atoms with Crippen molar-refractivity contribution in [3.8, 4) is 0 Å². The van der Waals surface area contributed by atoms with E-state index in [1.807, 2.05) is 0 Å².